The van der Waals surface area contributed by atoms with Crippen LogP contribution < -0.4 is 0 Å². The number of carboxylic acids is 1. The smallest absolute Gasteiger partial charge is 0.331 e. The molecule has 2 heteroatoms. The molecule has 0 unspecified atom stereocenters. The van der Waals surface area contributed by atoms with E-state index in [-0.39, 0.29) is 0 Å². The Morgan fingerprint density at radius 1 is 0.667 bits per heavy atom. The van der Waals surface area contributed by atoms with Crippen molar-refractivity contribution in [2.45, 2.75) is 124 Å². The molecule has 2 nitrogen and oxygen atoms in total. The van der Waals surface area contributed by atoms with E-state index in [1.807, 2.05) is 0 Å². The first kappa shape index (κ1) is 23.2. The fourth-order valence-corrected chi connectivity index (χ4v) is 3.31. The highest BCUT2D eigenvalue weighted by Gasteiger charge is 2.07. The Labute approximate surface area is 151 Å². The van der Waals surface area contributed by atoms with Crippen molar-refractivity contribution in [2.75, 3.05) is 0 Å². The van der Waals surface area contributed by atoms with Gasteiger partial charge in [-0.25, -0.2) is 4.79 Å². The van der Waals surface area contributed by atoms with Crippen molar-refractivity contribution in [1.82, 2.24) is 0 Å². The van der Waals surface area contributed by atoms with Gasteiger partial charge in [-0.3, -0.25) is 0 Å². The summed E-state index contributed by atoms with van der Waals surface area (Å²) in [5.41, 5.74) is 1.69. The topological polar surface area (TPSA) is 37.3 Å². The number of unbranched alkanes of at least 4 members (excludes halogenated alkanes) is 13. The Morgan fingerprint density at radius 3 is 1.38 bits per heavy atom. The van der Waals surface area contributed by atoms with Gasteiger partial charge in [0.15, 0.2) is 0 Å². The van der Waals surface area contributed by atoms with Crippen LogP contribution in [0.1, 0.15) is 124 Å². The van der Waals surface area contributed by atoms with Crippen molar-refractivity contribution in [2.24, 2.45) is 0 Å². The van der Waals surface area contributed by atoms with E-state index >= 15 is 0 Å². The molecule has 0 aliphatic carbocycles. The predicted octanol–water partition coefficient (Wildman–Crippen LogP) is 7.67. The van der Waals surface area contributed by atoms with Crippen LogP contribution in [0, 0.1) is 0 Å². The SMILES string of the molecule is CCCCCCCCCCCCCCCCC(CC)=C(C)C(=O)O. The second-order valence-electron chi connectivity index (χ2n) is 7.23. The molecule has 0 saturated heterocycles. The van der Waals surface area contributed by atoms with Gasteiger partial charge in [-0.15, -0.1) is 0 Å². The van der Waals surface area contributed by atoms with E-state index in [4.69, 9.17) is 5.11 Å². The number of hydrogen-bond acceptors (Lipinski definition) is 1. The molecule has 0 amide bonds. The number of carbonyl (C=O) groups is 1. The lowest BCUT2D eigenvalue weighted by molar-refractivity contribution is -0.132. The summed E-state index contributed by atoms with van der Waals surface area (Å²) in [5, 5.41) is 9.04. The van der Waals surface area contributed by atoms with Gasteiger partial charge in [-0.2, -0.15) is 0 Å². The largest absolute Gasteiger partial charge is 0.478 e. The molecule has 0 aliphatic rings. The highest BCUT2D eigenvalue weighted by molar-refractivity contribution is 5.86. The molecular formula is C22H42O2. The molecule has 0 rings (SSSR count). The van der Waals surface area contributed by atoms with E-state index in [1.165, 1.54) is 83.5 Å². The van der Waals surface area contributed by atoms with Crippen LogP contribution in [0.4, 0.5) is 0 Å². The van der Waals surface area contributed by atoms with Crippen LogP contribution in [0.5, 0.6) is 0 Å². The first-order chi connectivity index (χ1) is 11.6. The zero-order chi connectivity index (χ0) is 18.0. The van der Waals surface area contributed by atoms with Gasteiger partial charge in [0.05, 0.1) is 0 Å². The molecule has 0 spiro atoms. The van der Waals surface area contributed by atoms with Crippen molar-refractivity contribution < 1.29 is 9.90 Å². The van der Waals surface area contributed by atoms with Gasteiger partial charge in [-0.05, 0) is 26.2 Å². The molecule has 0 heterocycles. The molecule has 0 radical (unpaired) electrons. The van der Waals surface area contributed by atoms with E-state index in [0.29, 0.717) is 5.57 Å². The summed E-state index contributed by atoms with van der Waals surface area (Å²) in [6.07, 6.45) is 21.0. The molecule has 24 heavy (non-hydrogen) atoms. The van der Waals surface area contributed by atoms with E-state index < -0.39 is 5.97 Å². The number of allylic oxidation sites excluding steroid dienone is 1. The van der Waals surface area contributed by atoms with Gasteiger partial charge < -0.3 is 5.11 Å². The van der Waals surface area contributed by atoms with Crippen LogP contribution in [0.3, 0.4) is 0 Å². The molecule has 0 saturated carbocycles. The second kappa shape index (κ2) is 17.0. The Hall–Kier alpha value is -0.790. The minimum atomic E-state index is -0.753. The standard InChI is InChI=1S/C22H42O2/c1-4-6-7-8-9-10-11-12-13-14-15-16-17-18-19-21(5-2)20(3)22(23)24/h4-19H2,1-3H3,(H,23,24). The van der Waals surface area contributed by atoms with Gasteiger partial charge in [0.25, 0.3) is 0 Å². The Morgan fingerprint density at radius 2 is 1.04 bits per heavy atom. The summed E-state index contributed by atoms with van der Waals surface area (Å²) in [5.74, 6) is -0.753. The maximum atomic E-state index is 11.0. The van der Waals surface area contributed by atoms with Gasteiger partial charge in [0, 0.05) is 5.57 Å². The Kier molecular flexibility index (Phi) is 16.5. The van der Waals surface area contributed by atoms with Crippen molar-refractivity contribution >= 4 is 5.97 Å². The third-order valence-electron chi connectivity index (χ3n) is 5.11. The number of carboxylic acid groups (broad SMARTS) is 1. The lowest BCUT2D eigenvalue weighted by atomic mass is 9.99. The second-order valence-corrected chi connectivity index (χ2v) is 7.23. The van der Waals surface area contributed by atoms with Crippen LogP contribution >= 0.6 is 0 Å². The van der Waals surface area contributed by atoms with Crippen LogP contribution in [0.15, 0.2) is 11.1 Å². The normalized spacial score (nSPS) is 12.3. The van der Waals surface area contributed by atoms with Crippen LogP contribution in [-0.2, 0) is 4.79 Å². The first-order valence-electron chi connectivity index (χ1n) is 10.5. The molecule has 0 fully saturated rings. The monoisotopic (exact) mass is 338 g/mol. The number of hydrogen-bond donors (Lipinski definition) is 1. The minimum absolute atomic E-state index is 0.562. The molecule has 0 atom stereocenters. The molecule has 1 N–H and O–H groups in total. The van der Waals surface area contributed by atoms with Gasteiger partial charge in [-0.1, -0.05) is 103 Å². The lowest BCUT2D eigenvalue weighted by Gasteiger charge is -2.07. The van der Waals surface area contributed by atoms with Crippen molar-refractivity contribution in [3.8, 4) is 0 Å². The van der Waals surface area contributed by atoms with Gasteiger partial charge >= 0.3 is 5.97 Å². The van der Waals surface area contributed by atoms with Crippen molar-refractivity contribution in [3.05, 3.63) is 11.1 Å². The molecule has 0 aromatic rings. The number of aliphatic carboxylic acids is 1. The van der Waals surface area contributed by atoms with Crippen LogP contribution in [-0.4, -0.2) is 11.1 Å². The zero-order valence-corrected chi connectivity index (χ0v) is 16.7. The van der Waals surface area contributed by atoms with Crippen molar-refractivity contribution in [1.29, 1.82) is 0 Å². The average molecular weight is 339 g/mol. The number of rotatable bonds is 17. The van der Waals surface area contributed by atoms with Gasteiger partial charge in [0.1, 0.15) is 0 Å². The Balaban J connectivity index is 3.37. The maximum absolute atomic E-state index is 11.0. The molecule has 0 bridgehead atoms. The Bertz CT molecular complexity index is 331. The fourth-order valence-electron chi connectivity index (χ4n) is 3.31. The first-order valence-corrected chi connectivity index (χ1v) is 10.5. The third-order valence-corrected chi connectivity index (χ3v) is 5.11. The highest BCUT2D eigenvalue weighted by Crippen LogP contribution is 2.18. The fraction of sp³-hybridized carbons (Fsp3) is 0.864. The van der Waals surface area contributed by atoms with Crippen LogP contribution in [0.2, 0.25) is 0 Å². The van der Waals surface area contributed by atoms with E-state index in [1.54, 1.807) is 6.92 Å². The molecule has 142 valence electrons. The molecule has 0 aliphatic heterocycles. The molecular weight excluding hydrogens is 296 g/mol. The quantitative estimate of drug-likeness (QED) is 0.218. The summed E-state index contributed by atoms with van der Waals surface area (Å²) >= 11 is 0. The maximum Gasteiger partial charge on any atom is 0.331 e. The van der Waals surface area contributed by atoms with E-state index in [9.17, 15) is 4.79 Å². The molecule has 0 aromatic heterocycles. The summed E-state index contributed by atoms with van der Waals surface area (Å²) in [4.78, 5) is 11.0. The summed E-state index contributed by atoms with van der Waals surface area (Å²) in [6, 6.07) is 0. The molecule has 0 aromatic carbocycles. The predicted molar refractivity (Wildman–Crippen MR) is 106 cm³/mol. The summed E-state index contributed by atoms with van der Waals surface area (Å²) < 4.78 is 0. The summed E-state index contributed by atoms with van der Waals surface area (Å²) in [7, 11) is 0. The zero-order valence-electron chi connectivity index (χ0n) is 16.7. The van der Waals surface area contributed by atoms with Gasteiger partial charge in [0.2, 0.25) is 0 Å². The van der Waals surface area contributed by atoms with E-state index in [2.05, 4.69) is 13.8 Å². The average Bonchev–Trinajstić information content (AvgIpc) is 2.58. The highest BCUT2D eigenvalue weighted by atomic mass is 16.4. The third kappa shape index (κ3) is 13.6. The summed E-state index contributed by atoms with van der Waals surface area (Å²) in [6.45, 7) is 6.08. The van der Waals surface area contributed by atoms with E-state index in [0.717, 1.165) is 24.8 Å². The van der Waals surface area contributed by atoms with Crippen LogP contribution in [0.25, 0.3) is 0 Å². The lowest BCUT2D eigenvalue weighted by Crippen LogP contribution is -2.01. The minimum Gasteiger partial charge on any atom is -0.478 e. The van der Waals surface area contributed by atoms with Crippen molar-refractivity contribution in [3.63, 3.8) is 0 Å².